The van der Waals surface area contributed by atoms with Crippen molar-refractivity contribution in [1.29, 1.82) is 0 Å². The number of tetrazole rings is 1. The average Bonchev–Trinajstić information content (AvgIpc) is 2.28. The molecule has 2 aliphatic rings. The minimum Gasteiger partial charge on any atom is -0.463 e. The number of benzene rings is 3. The van der Waals surface area contributed by atoms with Gasteiger partial charge in [-0.25, -0.2) is 45.4 Å². The largest absolute Gasteiger partial charge is 0.463 e. The van der Waals surface area contributed by atoms with E-state index in [0.29, 0.717) is 40.4 Å². The fraction of sp³-hybridized carbons (Fsp3) is 0.259. The van der Waals surface area contributed by atoms with Gasteiger partial charge in [0, 0.05) is 77.6 Å². The van der Waals surface area contributed by atoms with E-state index in [1.165, 1.54) is 36.5 Å². The maximum atomic E-state index is 15.6. The summed E-state index contributed by atoms with van der Waals surface area (Å²) in [7, 11) is 0. The molecule has 1 N–H and O–H groups in total. The predicted molar refractivity (Wildman–Crippen MR) is 291 cm³/mol. The van der Waals surface area contributed by atoms with E-state index in [0.717, 1.165) is 96.2 Å². The molecule has 2 saturated heterocycles. The number of alkyl halides is 6. The summed E-state index contributed by atoms with van der Waals surface area (Å²) in [5.41, 5.74) is -10.6. The SMILES string of the molecule is C=CC(=O)OCC.CCOC(=O)/C=C/c1ccc(C(F)(F)C(O)(Cn2cnnn2)c2ccc(F)cc2F)nc1.CCOC(=O)/C=C/c1ccc(C(F)(F)C2(c3ccc(F)cc3F)CO2)nc1.F.Fc1ccc(C2(C(F)(F)c3ccc(Br)cn3)CO2)c(F)c1.[HH]. The molecule has 0 bridgehead atoms. The second kappa shape index (κ2) is 29.8. The minimum atomic E-state index is -4.17. The van der Waals surface area contributed by atoms with E-state index >= 15 is 8.78 Å². The number of halogens is 14. The van der Waals surface area contributed by atoms with Crippen molar-refractivity contribution in [1.82, 2.24) is 35.2 Å². The van der Waals surface area contributed by atoms with Gasteiger partial charge in [0.1, 0.15) is 58.3 Å². The number of hydrogen-bond donors (Lipinski definition) is 1. The van der Waals surface area contributed by atoms with Crippen molar-refractivity contribution in [2.75, 3.05) is 33.0 Å². The van der Waals surface area contributed by atoms with E-state index in [-0.39, 0.29) is 37.5 Å². The third-order valence-electron chi connectivity index (χ3n) is 12.4. The maximum absolute atomic E-state index is 15.6. The fourth-order valence-corrected chi connectivity index (χ4v) is 8.17. The van der Waals surface area contributed by atoms with E-state index in [2.05, 4.69) is 57.7 Å². The molecular weight excluding hydrogens is 1270 g/mol. The first-order valence-corrected chi connectivity index (χ1v) is 26.2. The first-order valence-electron chi connectivity index (χ1n) is 25.4. The number of carbonyl (C=O) groups is 3. The molecule has 0 spiro atoms. The van der Waals surface area contributed by atoms with Gasteiger partial charge in [-0.3, -0.25) is 19.7 Å². The Morgan fingerprint density at radius 3 is 1.41 bits per heavy atom. The molecule has 2 fully saturated rings. The van der Waals surface area contributed by atoms with Gasteiger partial charge < -0.3 is 28.8 Å². The molecule has 30 heteroatoms. The molecular formula is C58H51BrF13N7O9. The maximum Gasteiger partial charge on any atom is 0.330 e. The Hall–Kier alpha value is -8.74. The Kier molecular flexibility index (Phi) is 23.7. The van der Waals surface area contributed by atoms with Gasteiger partial charge in [-0.15, -0.1) is 5.10 Å². The molecule has 3 unspecified atom stereocenters. The van der Waals surface area contributed by atoms with Crippen molar-refractivity contribution in [3.63, 3.8) is 0 Å². The number of pyridine rings is 3. The molecule has 0 amide bonds. The van der Waals surface area contributed by atoms with Gasteiger partial charge >= 0.3 is 35.7 Å². The molecule has 470 valence electrons. The standard InChI is InChI=1S/C20H17F4N5O3.C19H15F4NO3.C14H8BrF4NO.C5H8O2.FH.H2/c1-2-32-18(30)8-4-13-3-7-17(25-10-13)20(23,24)19(31,11-29-12-26-27-28-29)15-6-5-14(21)9-16(15)22;1-2-26-17(25)8-4-12-3-7-16(24-10-12)19(22,23)18(11-27-18)14-6-5-13(20)9-15(14)21;15-8-1-4-12(20-6-8)14(18,19)13(7-21-13)10-3-2-9(16)5-11(10)17;1-3-5(6)7-4-2;;/h3-10,12,31H,2,11H2,1H3;3-10H,2,11H2,1H3;1-6H,7H2;3H,1,4H2,2H3;2*1H/b2*8-4+;;;;. The summed E-state index contributed by atoms with van der Waals surface area (Å²) in [4.78, 5) is 43.8. The van der Waals surface area contributed by atoms with Crippen LogP contribution in [-0.2, 0) is 79.2 Å². The Balaban J connectivity index is 0.000000272. The molecule has 4 aromatic heterocycles. The zero-order valence-corrected chi connectivity index (χ0v) is 47.6. The van der Waals surface area contributed by atoms with E-state index in [1.807, 2.05) is 0 Å². The molecule has 7 aromatic rings. The van der Waals surface area contributed by atoms with Crippen LogP contribution in [-0.4, -0.2) is 91.2 Å². The Bertz CT molecular complexity index is 3590. The molecule has 0 aliphatic carbocycles. The summed E-state index contributed by atoms with van der Waals surface area (Å²) < 4.78 is 197. The number of rotatable bonds is 19. The van der Waals surface area contributed by atoms with Gasteiger partial charge in [0.25, 0.3) is 0 Å². The third kappa shape index (κ3) is 16.3. The minimum absolute atomic E-state index is 0. The molecule has 0 radical (unpaired) electrons. The molecule has 3 aromatic carbocycles. The lowest BCUT2D eigenvalue weighted by Gasteiger charge is -2.35. The van der Waals surface area contributed by atoms with Crippen LogP contribution < -0.4 is 0 Å². The number of aromatic nitrogens is 7. The summed E-state index contributed by atoms with van der Waals surface area (Å²) in [6, 6.07) is 13.8. The van der Waals surface area contributed by atoms with Crippen LogP contribution in [0.4, 0.5) is 57.4 Å². The highest BCUT2D eigenvalue weighted by Crippen LogP contribution is 2.57. The predicted octanol–water partition coefficient (Wildman–Crippen LogP) is 11.8. The van der Waals surface area contributed by atoms with Crippen molar-refractivity contribution >= 4 is 46.0 Å². The summed E-state index contributed by atoms with van der Waals surface area (Å²) >= 11 is 3.10. The van der Waals surface area contributed by atoms with Crippen molar-refractivity contribution in [2.24, 2.45) is 0 Å². The second-order valence-electron chi connectivity index (χ2n) is 18.1. The molecule has 0 saturated carbocycles. The zero-order chi connectivity index (χ0) is 64.0. The van der Waals surface area contributed by atoms with Crippen LogP contribution in [0.1, 0.15) is 67.1 Å². The van der Waals surface area contributed by atoms with E-state index in [4.69, 9.17) is 18.9 Å². The van der Waals surface area contributed by atoms with E-state index < -0.39 is 123 Å². The van der Waals surface area contributed by atoms with Crippen molar-refractivity contribution in [3.8, 4) is 0 Å². The van der Waals surface area contributed by atoms with Gasteiger partial charge in [0.2, 0.25) is 0 Å². The first kappa shape index (κ1) is 70.0. The van der Waals surface area contributed by atoms with Crippen LogP contribution in [0.15, 0.2) is 145 Å². The molecule has 2 aliphatic heterocycles. The van der Waals surface area contributed by atoms with Crippen LogP contribution in [0.25, 0.3) is 12.2 Å². The number of esters is 3. The second-order valence-corrected chi connectivity index (χ2v) is 19.1. The van der Waals surface area contributed by atoms with Gasteiger partial charge in [-0.2, -0.15) is 26.3 Å². The van der Waals surface area contributed by atoms with Crippen LogP contribution >= 0.6 is 15.9 Å². The Morgan fingerprint density at radius 2 is 1.06 bits per heavy atom. The lowest BCUT2D eigenvalue weighted by Crippen LogP contribution is -2.48. The topological polar surface area (TPSA) is 206 Å². The van der Waals surface area contributed by atoms with Crippen molar-refractivity contribution < 1.29 is 102 Å². The van der Waals surface area contributed by atoms with Crippen molar-refractivity contribution in [2.45, 2.75) is 61.9 Å². The highest BCUT2D eigenvalue weighted by atomic mass is 79.9. The Labute approximate surface area is 501 Å². The summed E-state index contributed by atoms with van der Waals surface area (Å²) in [5, 5.41) is 21.1. The smallest absolute Gasteiger partial charge is 0.330 e. The van der Waals surface area contributed by atoms with Gasteiger partial charge in [-0.05, 0) is 131 Å². The number of aliphatic hydroxyl groups is 1. The number of epoxide rings is 2. The number of ether oxygens (including phenoxy) is 5. The molecule has 9 rings (SSSR count). The highest BCUT2D eigenvalue weighted by Gasteiger charge is 2.69. The fourth-order valence-electron chi connectivity index (χ4n) is 7.93. The average molecular weight is 1320 g/mol. The van der Waals surface area contributed by atoms with Crippen LogP contribution in [0.3, 0.4) is 0 Å². The molecule has 3 atom stereocenters. The first-order chi connectivity index (χ1) is 41.1. The quantitative estimate of drug-likeness (QED) is 0.0263. The third-order valence-corrected chi connectivity index (χ3v) is 12.9. The normalized spacial score (nSPS) is 16.6. The molecule has 88 heavy (non-hydrogen) atoms. The Morgan fingerprint density at radius 1 is 0.636 bits per heavy atom. The lowest BCUT2D eigenvalue weighted by atomic mass is 9.84. The van der Waals surface area contributed by atoms with Crippen LogP contribution in [0, 0.1) is 34.9 Å². The summed E-state index contributed by atoms with van der Waals surface area (Å²) in [5.74, 6) is -19.2. The monoisotopic (exact) mass is 1320 g/mol. The van der Waals surface area contributed by atoms with Gasteiger partial charge in [0.05, 0.1) is 39.6 Å². The number of carbonyl (C=O) groups excluding carboxylic acids is 3. The number of hydrogen-bond acceptors (Lipinski definition) is 15. The van der Waals surface area contributed by atoms with E-state index in [9.17, 15) is 63.4 Å². The molecule has 6 heterocycles. The summed E-state index contributed by atoms with van der Waals surface area (Å²) in [6.07, 6.45) is 10.4. The zero-order valence-electron chi connectivity index (χ0n) is 46.0. The summed E-state index contributed by atoms with van der Waals surface area (Å²) in [6.45, 7) is 7.31. The highest BCUT2D eigenvalue weighted by molar-refractivity contribution is 9.10. The van der Waals surface area contributed by atoms with Crippen LogP contribution in [0.2, 0.25) is 0 Å². The van der Waals surface area contributed by atoms with Gasteiger partial charge in [0.15, 0.2) is 16.8 Å². The lowest BCUT2D eigenvalue weighted by molar-refractivity contribution is -0.207. The molecule has 16 nitrogen and oxygen atoms in total. The van der Waals surface area contributed by atoms with E-state index in [1.54, 1.807) is 20.8 Å². The van der Waals surface area contributed by atoms with Crippen molar-refractivity contribution in [3.05, 3.63) is 225 Å². The number of nitrogens with zero attached hydrogens (tertiary/aromatic N) is 7. The van der Waals surface area contributed by atoms with Crippen LogP contribution in [0.5, 0.6) is 0 Å². The van der Waals surface area contributed by atoms with Gasteiger partial charge in [-0.1, -0.05) is 18.7 Å².